The number of rotatable bonds is 7. The Hall–Kier alpha value is -3.75. The molecule has 4 aromatic rings. The summed E-state index contributed by atoms with van der Waals surface area (Å²) in [7, 11) is 0. The molecule has 5 rings (SSSR count). The zero-order valence-corrected chi connectivity index (χ0v) is 24.7. The molecular weight excluding hydrogens is 490 g/mol. The van der Waals surface area contributed by atoms with Crippen LogP contribution in [0.15, 0.2) is 107 Å². The van der Waals surface area contributed by atoms with Crippen molar-refractivity contribution in [2.75, 3.05) is 0 Å². The van der Waals surface area contributed by atoms with Crippen molar-refractivity contribution in [3.8, 4) is 16.8 Å². The summed E-state index contributed by atoms with van der Waals surface area (Å²) in [6.45, 7) is 21.3. The number of allylic oxidation sites excluding steroid dienone is 4. The Morgan fingerprint density at radius 1 is 0.846 bits per heavy atom. The van der Waals surface area contributed by atoms with Gasteiger partial charge >= 0.3 is 0 Å². The van der Waals surface area contributed by atoms with E-state index in [-0.39, 0.29) is 5.41 Å². The van der Waals surface area contributed by atoms with Gasteiger partial charge in [0.2, 0.25) is 0 Å². The standard InChI is InChI=1S/C37H37NS/c1-9-11-15-34-26(5)27(6)35(21-24(3)10-2)38(34)28-17-19-30-31-20-18-29(39-36-16-13-12-14-25(36)4)23-33(31)37(7,8)32(30)22-28/h9-23H,1-2H2,3-8H3/b15-11-,24-21-. The predicted molar refractivity (Wildman–Crippen MR) is 171 cm³/mol. The van der Waals surface area contributed by atoms with E-state index in [0.717, 1.165) is 5.57 Å². The van der Waals surface area contributed by atoms with E-state index in [2.05, 4.69) is 132 Å². The Morgan fingerprint density at radius 2 is 1.51 bits per heavy atom. The molecule has 0 atom stereocenters. The first-order chi connectivity index (χ1) is 18.7. The van der Waals surface area contributed by atoms with Crippen molar-refractivity contribution < 1.29 is 0 Å². The van der Waals surface area contributed by atoms with Gasteiger partial charge in [-0.15, -0.1) is 0 Å². The highest BCUT2D eigenvalue weighted by Crippen LogP contribution is 2.50. The number of aryl methyl sites for hydroxylation is 1. The van der Waals surface area contributed by atoms with E-state index in [1.54, 1.807) is 0 Å². The molecule has 3 aromatic carbocycles. The monoisotopic (exact) mass is 527 g/mol. The predicted octanol–water partition coefficient (Wildman–Crippen LogP) is 10.6. The first-order valence-electron chi connectivity index (χ1n) is 13.5. The van der Waals surface area contributed by atoms with Crippen LogP contribution in [0.2, 0.25) is 0 Å². The van der Waals surface area contributed by atoms with Gasteiger partial charge in [-0.1, -0.05) is 87.3 Å². The fraction of sp³-hybridized carbons (Fsp3) is 0.189. The third-order valence-electron chi connectivity index (χ3n) is 8.10. The molecule has 0 aliphatic heterocycles. The first-order valence-corrected chi connectivity index (χ1v) is 14.3. The fourth-order valence-corrected chi connectivity index (χ4v) is 6.58. The molecule has 196 valence electrons. The van der Waals surface area contributed by atoms with Crippen molar-refractivity contribution >= 4 is 23.9 Å². The molecule has 1 aliphatic rings. The molecule has 1 nitrogen and oxygen atoms in total. The smallest absolute Gasteiger partial charge is 0.0496 e. The van der Waals surface area contributed by atoms with Gasteiger partial charge in [-0.3, -0.25) is 0 Å². The van der Waals surface area contributed by atoms with Crippen LogP contribution in [0, 0.1) is 20.8 Å². The second-order valence-electron chi connectivity index (χ2n) is 11.0. The summed E-state index contributed by atoms with van der Waals surface area (Å²) in [5, 5.41) is 0. The molecule has 1 aliphatic carbocycles. The van der Waals surface area contributed by atoms with E-state index in [4.69, 9.17) is 0 Å². The van der Waals surface area contributed by atoms with Crippen LogP contribution in [0.25, 0.3) is 29.0 Å². The lowest BCUT2D eigenvalue weighted by Crippen LogP contribution is -2.15. The lowest BCUT2D eigenvalue weighted by Gasteiger charge is -2.23. The molecule has 1 aromatic heterocycles. The normalized spacial score (nSPS) is 13.9. The molecular formula is C37H37NS. The van der Waals surface area contributed by atoms with Crippen molar-refractivity contribution in [3.05, 3.63) is 137 Å². The first kappa shape index (κ1) is 26.8. The average Bonchev–Trinajstić information content (AvgIpc) is 3.30. The maximum Gasteiger partial charge on any atom is 0.0496 e. The third kappa shape index (κ3) is 4.68. The SMILES string of the molecule is C=C/C=C\c1c(C)c(C)c(/C=C(/C)C=C)n1-c1ccc2c(c1)C(C)(C)c1cc(Sc3ccccc3C)ccc1-2. The largest absolute Gasteiger partial charge is 0.310 e. The van der Waals surface area contributed by atoms with Crippen LogP contribution in [0.3, 0.4) is 0 Å². The van der Waals surface area contributed by atoms with Gasteiger partial charge in [0, 0.05) is 32.3 Å². The molecule has 0 fully saturated rings. The van der Waals surface area contributed by atoms with E-state index in [1.807, 2.05) is 30.0 Å². The van der Waals surface area contributed by atoms with Crippen molar-refractivity contribution in [3.63, 3.8) is 0 Å². The van der Waals surface area contributed by atoms with Crippen molar-refractivity contribution in [2.24, 2.45) is 0 Å². The van der Waals surface area contributed by atoms with Crippen LogP contribution in [0.1, 0.15) is 60.0 Å². The highest BCUT2D eigenvalue weighted by molar-refractivity contribution is 7.99. The van der Waals surface area contributed by atoms with Crippen molar-refractivity contribution in [2.45, 2.75) is 56.7 Å². The van der Waals surface area contributed by atoms with Crippen molar-refractivity contribution in [1.82, 2.24) is 4.57 Å². The van der Waals surface area contributed by atoms with E-state index >= 15 is 0 Å². The van der Waals surface area contributed by atoms with Crippen LogP contribution < -0.4 is 0 Å². The molecule has 0 N–H and O–H groups in total. The second kappa shape index (κ2) is 10.4. The molecule has 0 saturated carbocycles. The second-order valence-corrected chi connectivity index (χ2v) is 12.1. The lowest BCUT2D eigenvalue weighted by atomic mass is 9.82. The Labute approximate surface area is 238 Å². The van der Waals surface area contributed by atoms with Gasteiger partial charge in [-0.05, 0) is 115 Å². The van der Waals surface area contributed by atoms with Gasteiger partial charge in [0.1, 0.15) is 0 Å². The fourth-order valence-electron chi connectivity index (χ4n) is 5.64. The van der Waals surface area contributed by atoms with Crippen LogP contribution in [0.5, 0.6) is 0 Å². The topological polar surface area (TPSA) is 4.93 Å². The molecule has 39 heavy (non-hydrogen) atoms. The number of aromatic nitrogens is 1. The summed E-state index contributed by atoms with van der Waals surface area (Å²) in [6.07, 6.45) is 10.2. The minimum atomic E-state index is -0.107. The minimum absolute atomic E-state index is 0.107. The molecule has 0 unspecified atom stereocenters. The van der Waals surface area contributed by atoms with E-state index in [1.165, 1.54) is 65.8 Å². The summed E-state index contributed by atoms with van der Waals surface area (Å²) in [6, 6.07) is 22.6. The maximum atomic E-state index is 3.99. The minimum Gasteiger partial charge on any atom is -0.310 e. The number of hydrogen-bond acceptors (Lipinski definition) is 1. The molecule has 0 amide bonds. The zero-order valence-electron chi connectivity index (χ0n) is 23.9. The number of benzene rings is 3. The number of hydrogen-bond donors (Lipinski definition) is 0. The Bertz CT molecular complexity index is 1670. The van der Waals surface area contributed by atoms with Gasteiger partial charge in [0.05, 0.1) is 0 Å². The average molecular weight is 528 g/mol. The third-order valence-corrected chi connectivity index (χ3v) is 9.27. The molecule has 1 heterocycles. The van der Waals surface area contributed by atoms with Crippen LogP contribution >= 0.6 is 11.8 Å². The number of nitrogens with zero attached hydrogens (tertiary/aromatic N) is 1. The summed E-state index contributed by atoms with van der Waals surface area (Å²) >= 11 is 1.85. The van der Waals surface area contributed by atoms with Gasteiger partial charge in [-0.25, -0.2) is 0 Å². The summed E-state index contributed by atoms with van der Waals surface area (Å²) < 4.78 is 2.39. The molecule has 0 bridgehead atoms. The van der Waals surface area contributed by atoms with Crippen LogP contribution in [0.4, 0.5) is 0 Å². The maximum absolute atomic E-state index is 3.99. The summed E-state index contributed by atoms with van der Waals surface area (Å²) in [5.41, 5.74) is 13.9. The highest BCUT2D eigenvalue weighted by Gasteiger charge is 2.36. The number of fused-ring (bicyclic) bond motifs is 3. The van der Waals surface area contributed by atoms with Gasteiger partial charge in [0.15, 0.2) is 0 Å². The van der Waals surface area contributed by atoms with Crippen LogP contribution in [-0.4, -0.2) is 4.57 Å². The Morgan fingerprint density at radius 3 is 2.21 bits per heavy atom. The van der Waals surface area contributed by atoms with Gasteiger partial charge in [0.25, 0.3) is 0 Å². The lowest BCUT2D eigenvalue weighted by molar-refractivity contribution is 0.658. The molecule has 0 spiro atoms. The quantitative estimate of drug-likeness (QED) is 0.216. The molecule has 0 radical (unpaired) electrons. The van der Waals surface area contributed by atoms with Crippen molar-refractivity contribution in [1.29, 1.82) is 0 Å². The molecule has 2 heteroatoms. The Kier molecular flexibility index (Phi) is 7.18. The van der Waals surface area contributed by atoms with E-state index < -0.39 is 0 Å². The summed E-state index contributed by atoms with van der Waals surface area (Å²) in [5.74, 6) is 0. The van der Waals surface area contributed by atoms with Gasteiger partial charge in [-0.2, -0.15) is 0 Å². The van der Waals surface area contributed by atoms with E-state index in [0.29, 0.717) is 0 Å². The summed E-state index contributed by atoms with van der Waals surface area (Å²) in [4.78, 5) is 2.59. The highest BCUT2D eigenvalue weighted by atomic mass is 32.2. The van der Waals surface area contributed by atoms with Gasteiger partial charge < -0.3 is 4.57 Å². The van der Waals surface area contributed by atoms with E-state index in [9.17, 15) is 0 Å². The molecule has 0 saturated heterocycles. The zero-order chi connectivity index (χ0) is 27.9. The van der Waals surface area contributed by atoms with Crippen LogP contribution in [-0.2, 0) is 5.41 Å². The Balaban J connectivity index is 1.64.